The van der Waals surface area contributed by atoms with Crippen molar-refractivity contribution in [3.05, 3.63) is 23.2 Å². The van der Waals surface area contributed by atoms with E-state index in [0.29, 0.717) is 0 Å². The number of benzene rings is 1. The Bertz CT molecular complexity index is 656. The van der Waals surface area contributed by atoms with Crippen molar-refractivity contribution in [2.45, 2.75) is 11.8 Å². The highest BCUT2D eigenvalue weighted by Crippen LogP contribution is 2.23. The second-order valence-corrected chi connectivity index (χ2v) is 8.44. The van der Waals surface area contributed by atoms with Crippen LogP contribution in [-0.2, 0) is 19.9 Å². The van der Waals surface area contributed by atoms with Crippen molar-refractivity contribution in [1.82, 2.24) is 4.72 Å². The number of anilines is 1. The van der Waals surface area contributed by atoms with Crippen LogP contribution in [0.2, 0.25) is 5.02 Å². The van der Waals surface area contributed by atoms with Crippen molar-refractivity contribution in [2.75, 3.05) is 23.8 Å². The number of sulfonamides is 1. The zero-order chi connectivity index (χ0) is 14.7. The van der Waals surface area contributed by atoms with Crippen LogP contribution in [0.3, 0.4) is 0 Å². The average molecular weight is 327 g/mol. The lowest BCUT2D eigenvalue weighted by Crippen LogP contribution is -2.30. The molecule has 0 aromatic heterocycles. The third-order valence-corrected chi connectivity index (χ3v) is 6.04. The van der Waals surface area contributed by atoms with Gasteiger partial charge in [-0.25, -0.2) is 21.6 Å². The number of sulfone groups is 1. The Morgan fingerprint density at radius 2 is 1.89 bits per heavy atom. The summed E-state index contributed by atoms with van der Waals surface area (Å²) in [5.41, 5.74) is 5.75. The van der Waals surface area contributed by atoms with E-state index in [9.17, 15) is 16.8 Å². The largest absolute Gasteiger partial charge is 0.399 e. The molecule has 0 aliphatic rings. The first-order chi connectivity index (χ1) is 8.68. The van der Waals surface area contributed by atoms with Crippen LogP contribution in [0.25, 0.3) is 0 Å². The first-order valence-corrected chi connectivity index (χ1v) is 9.11. The first kappa shape index (κ1) is 16.2. The van der Waals surface area contributed by atoms with Crippen LogP contribution >= 0.6 is 11.6 Å². The molecule has 0 fully saturated rings. The fraction of sp³-hybridized carbons (Fsp3) is 0.400. The normalized spacial score (nSPS) is 12.5. The molecule has 3 N–H and O–H groups in total. The van der Waals surface area contributed by atoms with Crippen LogP contribution in [0.4, 0.5) is 5.69 Å². The summed E-state index contributed by atoms with van der Waals surface area (Å²) in [5, 5.41) is 0.0278. The summed E-state index contributed by atoms with van der Waals surface area (Å²) < 4.78 is 48.6. The number of nitrogen functional groups attached to an aromatic ring is 1. The molecular formula is C10H15ClN2O4S2. The monoisotopic (exact) mass is 326 g/mol. The average Bonchev–Trinajstić information content (AvgIpc) is 2.31. The molecular weight excluding hydrogens is 312 g/mol. The van der Waals surface area contributed by atoms with Crippen LogP contribution in [0.1, 0.15) is 6.92 Å². The second kappa shape index (κ2) is 6.08. The third kappa shape index (κ3) is 4.64. The van der Waals surface area contributed by atoms with E-state index in [-0.39, 0.29) is 33.7 Å². The van der Waals surface area contributed by atoms with E-state index in [0.717, 1.165) is 0 Å². The summed E-state index contributed by atoms with van der Waals surface area (Å²) in [4.78, 5) is -0.164. The molecule has 9 heteroatoms. The Hall–Kier alpha value is -0.830. The number of halogens is 1. The van der Waals surface area contributed by atoms with Gasteiger partial charge in [0.25, 0.3) is 0 Å². The highest BCUT2D eigenvalue weighted by atomic mass is 35.5. The second-order valence-electron chi connectivity index (χ2n) is 3.82. The summed E-state index contributed by atoms with van der Waals surface area (Å²) in [5.74, 6) is -0.295. The van der Waals surface area contributed by atoms with E-state index in [2.05, 4.69) is 4.72 Å². The molecule has 1 aromatic rings. The Labute approximate surface area is 117 Å². The Morgan fingerprint density at radius 1 is 1.26 bits per heavy atom. The summed E-state index contributed by atoms with van der Waals surface area (Å²) >= 11 is 5.78. The van der Waals surface area contributed by atoms with Crippen molar-refractivity contribution in [2.24, 2.45) is 0 Å². The quantitative estimate of drug-likeness (QED) is 0.746. The molecule has 0 saturated carbocycles. The molecule has 0 heterocycles. The highest BCUT2D eigenvalue weighted by molar-refractivity contribution is 7.91. The molecule has 0 bridgehead atoms. The maximum absolute atomic E-state index is 11.9. The van der Waals surface area contributed by atoms with Crippen LogP contribution in [0.5, 0.6) is 0 Å². The van der Waals surface area contributed by atoms with Crippen molar-refractivity contribution < 1.29 is 16.8 Å². The molecule has 0 atom stereocenters. The lowest BCUT2D eigenvalue weighted by molar-refractivity contribution is 0.581. The predicted octanol–water partition coefficient (Wildman–Crippen LogP) is 0.635. The lowest BCUT2D eigenvalue weighted by atomic mass is 10.3. The van der Waals surface area contributed by atoms with E-state index in [1.807, 2.05) is 0 Å². The van der Waals surface area contributed by atoms with Gasteiger partial charge in [-0.1, -0.05) is 18.5 Å². The number of nitrogens with two attached hydrogens (primary N) is 1. The molecule has 0 amide bonds. The van der Waals surface area contributed by atoms with Crippen molar-refractivity contribution in [1.29, 1.82) is 0 Å². The summed E-state index contributed by atoms with van der Waals surface area (Å²) in [6.45, 7) is 1.29. The van der Waals surface area contributed by atoms with Gasteiger partial charge in [0.2, 0.25) is 10.0 Å². The van der Waals surface area contributed by atoms with Gasteiger partial charge in [0, 0.05) is 18.0 Å². The van der Waals surface area contributed by atoms with E-state index in [4.69, 9.17) is 17.3 Å². The standard InChI is InChI=1S/C10H15ClN2O4S2/c1-2-18(14,15)6-5-13-19(16,17)10-7-8(12)3-4-9(10)11/h3-4,7,13H,2,5-6,12H2,1H3. The maximum atomic E-state index is 11.9. The molecule has 1 rings (SSSR count). The van der Waals surface area contributed by atoms with Gasteiger partial charge >= 0.3 is 0 Å². The minimum atomic E-state index is -3.87. The zero-order valence-corrected chi connectivity index (χ0v) is 12.6. The topological polar surface area (TPSA) is 106 Å². The van der Waals surface area contributed by atoms with E-state index in [1.54, 1.807) is 0 Å². The van der Waals surface area contributed by atoms with Gasteiger partial charge in [-0.05, 0) is 18.2 Å². The Balaban J connectivity index is 2.85. The van der Waals surface area contributed by atoms with Gasteiger partial charge in [-0.3, -0.25) is 0 Å². The minimum absolute atomic E-state index is 0.0278. The minimum Gasteiger partial charge on any atom is -0.399 e. The van der Waals surface area contributed by atoms with E-state index in [1.165, 1.54) is 25.1 Å². The maximum Gasteiger partial charge on any atom is 0.242 e. The molecule has 0 radical (unpaired) electrons. The Morgan fingerprint density at radius 3 is 2.47 bits per heavy atom. The van der Waals surface area contributed by atoms with Crippen molar-refractivity contribution in [3.8, 4) is 0 Å². The highest BCUT2D eigenvalue weighted by Gasteiger charge is 2.19. The lowest BCUT2D eigenvalue weighted by Gasteiger charge is -2.09. The Kier molecular flexibility index (Phi) is 5.19. The smallest absolute Gasteiger partial charge is 0.242 e. The van der Waals surface area contributed by atoms with Crippen LogP contribution in [0, 0.1) is 0 Å². The number of hydrogen-bond donors (Lipinski definition) is 2. The molecule has 0 saturated heterocycles. The summed E-state index contributed by atoms with van der Waals surface area (Å²) in [6.07, 6.45) is 0. The molecule has 108 valence electrons. The molecule has 6 nitrogen and oxygen atoms in total. The molecule has 19 heavy (non-hydrogen) atoms. The summed E-state index contributed by atoms with van der Waals surface area (Å²) in [6, 6.07) is 4.07. The third-order valence-electron chi connectivity index (χ3n) is 2.39. The van der Waals surface area contributed by atoms with Gasteiger partial charge < -0.3 is 5.73 Å². The van der Waals surface area contributed by atoms with E-state index < -0.39 is 19.9 Å². The molecule has 0 aliphatic carbocycles. The fourth-order valence-electron chi connectivity index (χ4n) is 1.28. The SMILES string of the molecule is CCS(=O)(=O)CCNS(=O)(=O)c1cc(N)ccc1Cl. The van der Waals surface area contributed by atoms with Crippen LogP contribution in [-0.4, -0.2) is 34.9 Å². The van der Waals surface area contributed by atoms with Gasteiger partial charge in [0.1, 0.15) is 4.90 Å². The van der Waals surface area contributed by atoms with Crippen LogP contribution in [0.15, 0.2) is 23.1 Å². The number of nitrogens with one attached hydrogen (secondary N) is 1. The van der Waals surface area contributed by atoms with Gasteiger partial charge in [-0.15, -0.1) is 0 Å². The molecule has 0 aliphatic heterocycles. The van der Waals surface area contributed by atoms with Gasteiger partial charge in [0.05, 0.1) is 10.8 Å². The van der Waals surface area contributed by atoms with Crippen molar-refractivity contribution >= 4 is 37.1 Å². The van der Waals surface area contributed by atoms with Crippen LogP contribution < -0.4 is 10.5 Å². The van der Waals surface area contributed by atoms with Gasteiger partial charge in [0.15, 0.2) is 9.84 Å². The van der Waals surface area contributed by atoms with Gasteiger partial charge in [-0.2, -0.15) is 0 Å². The number of rotatable bonds is 6. The van der Waals surface area contributed by atoms with Crippen molar-refractivity contribution in [3.63, 3.8) is 0 Å². The molecule has 0 spiro atoms. The zero-order valence-electron chi connectivity index (χ0n) is 10.3. The molecule has 1 aromatic carbocycles. The summed E-state index contributed by atoms with van der Waals surface area (Å²) in [7, 11) is -7.10. The number of hydrogen-bond acceptors (Lipinski definition) is 5. The predicted molar refractivity (Wildman–Crippen MR) is 75.4 cm³/mol. The van der Waals surface area contributed by atoms with E-state index >= 15 is 0 Å². The fourth-order valence-corrected chi connectivity index (χ4v) is 3.68. The molecule has 0 unspecified atom stereocenters. The first-order valence-electron chi connectivity index (χ1n) is 5.43.